The smallest absolute Gasteiger partial charge is 0.258 e. The Hall–Kier alpha value is -1.62. The molecule has 0 spiro atoms. The zero-order valence-corrected chi connectivity index (χ0v) is 11.2. The number of hydrogen-bond donors (Lipinski definition) is 2. The molecule has 3 N–H and O–H groups in total. The minimum atomic E-state index is -0.165. The Kier molecular flexibility index (Phi) is 6.14. The van der Waals surface area contributed by atoms with Crippen molar-refractivity contribution in [2.24, 2.45) is 5.73 Å². The Balaban J connectivity index is 2.34. The molecule has 1 aromatic carbocycles. The summed E-state index contributed by atoms with van der Waals surface area (Å²) in [4.78, 5) is 12.1. The van der Waals surface area contributed by atoms with Crippen molar-refractivity contribution in [3.8, 4) is 5.75 Å². The molecule has 0 bridgehead atoms. The van der Waals surface area contributed by atoms with E-state index in [9.17, 15) is 4.79 Å². The van der Waals surface area contributed by atoms with Crippen LogP contribution in [0.5, 0.6) is 5.75 Å². The van der Waals surface area contributed by atoms with Gasteiger partial charge in [-0.15, -0.1) is 0 Å². The number of ether oxygens (including phenoxy) is 1. The van der Waals surface area contributed by atoms with Crippen molar-refractivity contribution < 1.29 is 9.53 Å². The topological polar surface area (TPSA) is 64.3 Å². The van der Waals surface area contributed by atoms with E-state index < -0.39 is 0 Å². The molecule has 4 nitrogen and oxygen atoms in total. The van der Waals surface area contributed by atoms with Crippen LogP contribution in [0.4, 0.5) is 0 Å². The van der Waals surface area contributed by atoms with Gasteiger partial charge in [0.25, 0.3) is 5.91 Å². The second-order valence-corrected chi connectivity index (χ2v) is 4.47. The van der Waals surface area contributed by atoms with E-state index in [1.807, 2.05) is 25.1 Å². The van der Waals surface area contributed by atoms with Crippen molar-refractivity contribution in [3.63, 3.8) is 0 Å². The van der Waals surface area contributed by atoms with Crippen molar-refractivity contribution in [3.05, 3.63) is 30.3 Å². The number of benzene rings is 1. The quantitative estimate of drug-likeness (QED) is 0.736. The summed E-state index contributed by atoms with van der Waals surface area (Å²) in [6.45, 7) is 1.97. The number of rotatable bonds is 7. The highest BCUT2D eigenvalue weighted by Gasteiger charge is 2.11. The molecular formula is C13H18N2O2S. The molecule has 1 atom stereocenters. The van der Waals surface area contributed by atoms with Gasteiger partial charge in [-0.3, -0.25) is 4.79 Å². The number of carbonyl (C=O) groups excluding carboxylic acids is 1. The number of para-hydroxylation sites is 1. The predicted molar refractivity (Wildman–Crippen MR) is 75.6 cm³/mol. The maximum atomic E-state index is 11.6. The Labute approximate surface area is 113 Å². The first-order valence-corrected chi connectivity index (χ1v) is 6.28. The first-order chi connectivity index (χ1) is 8.61. The molecule has 0 heterocycles. The van der Waals surface area contributed by atoms with E-state index in [0.717, 1.165) is 6.42 Å². The summed E-state index contributed by atoms with van der Waals surface area (Å²) >= 11 is 4.83. The van der Waals surface area contributed by atoms with Crippen molar-refractivity contribution in [2.45, 2.75) is 25.8 Å². The summed E-state index contributed by atoms with van der Waals surface area (Å²) in [6.07, 6.45) is 1.30. The van der Waals surface area contributed by atoms with Crippen molar-refractivity contribution in [1.29, 1.82) is 0 Å². The Bertz CT molecular complexity index is 395. The second-order valence-electron chi connectivity index (χ2n) is 3.94. The zero-order valence-electron chi connectivity index (χ0n) is 10.4. The lowest BCUT2D eigenvalue weighted by molar-refractivity contribution is -0.123. The molecule has 0 saturated heterocycles. The fraction of sp³-hybridized carbons (Fsp3) is 0.385. The van der Waals surface area contributed by atoms with Gasteiger partial charge in [-0.25, -0.2) is 0 Å². The first-order valence-electron chi connectivity index (χ1n) is 5.87. The number of hydrogen-bond acceptors (Lipinski definition) is 3. The third-order valence-corrected chi connectivity index (χ3v) is 2.59. The van der Waals surface area contributed by atoms with Crippen LogP contribution < -0.4 is 15.8 Å². The van der Waals surface area contributed by atoms with Gasteiger partial charge in [-0.2, -0.15) is 0 Å². The van der Waals surface area contributed by atoms with Crippen molar-refractivity contribution in [1.82, 2.24) is 5.32 Å². The van der Waals surface area contributed by atoms with Crippen LogP contribution in [0.25, 0.3) is 0 Å². The number of amides is 1. The molecule has 1 amide bonds. The van der Waals surface area contributed by atoms with Crippen molar-refractivity contribution >= 4 is 23.1 Å². The van der Waals surface area contributed by atoms with Crippen LogP contribution in [0.1, 0.15) is 19.8 Å². The summed E-state index contributed by atoms with van der Waals surface area (Å²) in [6, 6.07) is 9.19. The lowest BCUT2D eigenvalue weighted by Gasteiger charge is -2.16. The molecule has 18 heavy (non-hydrogen) atoms. The van der Waals surface area contributed by atoms with Gasteiger partial charge in [0.1, 0.15) is 5.75 Å². The van der Waals surface area contributed by atoms with Gasteiger partial charge >= 0.3 is 0 Å². The molecule has 0 aliphatic rings. The van der Waals surface area contributed by atoms with Gasteiger partial charge in [-0.1, -0.05) is 37.3 Å². The standard InChI is InChI=1S/C13H18N2O2S/c1-2-10(8-12(14)18)15-13(16)9-17-11-6-4-3-5-7-11/h3-7,10H,2,8-9H2,1H3,(H2,14,18)(H,15,16). The largest absolute Gasteiger partial charge is 0.484 e. The number of nitrogens with two attached hydrogens (primary N) is 1. The molecule has 0 aromatic heterocycles. The van der Waals surface area contributed by atoms with E-state index in [1.165, 1.54) is 0 Å². The van der Waals surface area contributed by atoms with Crippen LogP contribution in [0, 0.1) is 0 Å². The fourth-order valence-electron chi connectivity index (χ4n) is 1.48. The van der Waals surface area contributed by atoms with Gasteiger partial charge in [0.15, 0.2) is 6.61 Å². The van der Waals surface area contributed by atoms with Gasteiger partial charge in [0.05, 0.1) is 4.99 Å². The maximum absolute atomic E-state index is 11.6. The SMILES string of the molecule is CCC(CC(N)=S)NC(=O)COc1ccccc1. The van der Waals surface area contributed by atoms with Crippen LogP contribution in [0.2, 0.25) is 0 Å². The Morgan fingerprint density at radius 1 is 1.44 bits per heavy atom. The van der Waals surface area contributed by atoms with Crippen LogP contribution in [-0.2, 0) is 4.79 Å². The van der Waals surface area contributed by atoms with E-state index in [0.29, 0.717) is 17.2 Å². The van der Waals surface area contributed by atoms with Gasteiger partial charge < -0.3 is 15.8 Å². The van der Waals surface area contributed by atoms with Gasteiger partial charge in [-0.05, 0) is 18.6 Å². The summed E-state index contributed by atoms with van der Waals surface area (Å²) < 4.78 is 5.34. The lowest BCUT2D eigenvalue weighted by atomic mass is 10.1. The Morgan fingerprint density at radius 2 is 2.11 bits per heavy atom. The highest BCUT2D eigenvalue weighted by molar-refractivity contribution is 7.80. The van der Waals surface area contributed by atoms with Crippen LogP contribution in [0.3, 0.4) is 0 Å². The maximum Gasteiger partial charge on any atom is 0.258 e. The zero-order chi connectivity index (χ0) is 13.4. The minimum absolute atomic E-state index is 0.00214. The summed E-state index contributed by atoms with van der Waals surface area (Å²) in [7, 11) is 0. The highest BCUT2D eigenvalue weighted by atomic mass is 32.1. The lowest BCUT2D eigenvalue weighted by Crippen LogP contribution is -2.39. The van der Waals surface area contributed by atoms with E-state index in [4.69, 9.17) is 22.7 Å². The molecule has 0 fully saturated rings. The first kappa shape index (κ1) is 14.4. The third-order valence-electron chi connectivity index (χ3n) is 2.42. The average molecular weight is 266 g/mol. The minimum Gasteiger partial charge on any atom is -0.484 e. The molecular weight excluding hydrogens is 248 g/mol. The Morgan fingerprint density at radius 3 is 2.67 bits per heavy atom. The molecule has 1 rings (SSSR count). The molecule has 0 saturated carbocycles. The van der Waals surface area contributed by atoms with Gasteiger partial charge in [0, 0.05) is 12.5 Å². The van der Waals surface area contributed by atoms with Crippen molar-refractivity contribution in [2.75, 3.05) is 6.61 Å². The van der Waals surface area contributed by atoms with E-state index in [1.54, 1.807) is 12.1 Å². The van der Waals surface area contributed by atoms with Crippen LogP contribution in [0.15, 0.2) is 30.3 Å². The summed E-state index contributed by atoms with van der Waals surface area (Å²) in [5.74, 6) is 0.511. The van der Waals surface area contributed by atoms with E-state index >= 15 is 0 Å². The highest BCUT2D eigenvalue weighted by Crippen LogP contribution is 2.07. The molecule has 0 radical (unpaired) electrons. The van der Waals surface area contributed by atoms with Crippen LogP contribution in [-0.4, -0.2) is 23.5 Å². The molecule has 0 aliphatic heterocycles. The number of nitrogens with one attached hydrogen (secondary N) is 1. The number of carbonyl (C=O) groups is 1. The third kappa shape index (κ3) is 5.63. The van der Waals surface area contributed by atoms with E-state index in [-0.39, 0.29) is 18.6 Å². The summed E-state index contributed by atoms with van der Waals surface area (Å²) in [5, 5.41) is 2.84. The molecule has 1 unspecified atom stereocenters. The monoisotopic (exact) mass is 266 g/mol. The molecule has 0 aliphatic carbocycles. The molecule has 1 aromatic rings. The van der Waals surface area contributed by atoms with Crippen LogP contribution >= 0.6 is 12.2 Å². The van der Waals surface area contributed by atoms with E-state index in [2.05, 4.69) is 5.32 Å². The average Bonchev–Trinajstić information content (AvgIpc) is 2.36. The fourth-order valence-corrected chi connectivity index (χ4v) is 1.68. The normalized spacial score (nSPS) is 11.6. The predicted octanol–water partition coefficient (Wildman–Crippen LogP) is 1.64. The molecule has 5 heteroatoms. The molecule has 98 valence electrons. The number of thiocarbonyl (C=S) groups is 1. The summed E-state index contributed by atoms with van der Waals surface area (Å²) in [5.41, 5.74) is 5.46. The van der Waals surface area contributed by atoms with Gasteiger partial charge in [0.2, 0.25) is 0 Å². The second kappa shape index (κ2) is 7.66.